The molecule has 2 aromatic carbocycles. The fourth-order valence-corrected chi connectivity index (χ4v) is 3.03. The maximum atomic E-state index is 12.7. The molecule has 1 aliphatic rings. The molecule has 25 heavy (non-hydrogen) atoms. The van der Waals surface area contributed by atoms with E-state index in [9.17, 15) is 4.79 Å². The van der Waals surface area contributed by atoms with Crippen molar-refractivity contribution in [3.63, 3.8) is 0 Å². The molecule has 4 nitrogen and oxygen atoms in total. The molecule has 1 aliphatic carbocycles. The standard InChI is InChI=1S/C20H19BrO4/c1-23-18-11-14-10-15(20(22)17(14)12-19(18)24-2)9-13-3-5-16(6-4-13)25-8-7-21/h3-6,9,11-12H,7-8,10H2,1-2H3/b15-9+. The van der Waals surface area contributed by atoms with Gasteiger partial charge in [-0.05, 0) is 41.5 Å². The average molecular weight is 403 g/mol. The summed E-state index contributed by atoms with van der Waals surface area (Å²) in [6.07, 6.45) is 2.52. The number of fused-ring (bicyclic) bond motifs is 1. The van der Waals surface area contributed by atoms with Gasteiger partial charge in [0, 0.05) is 22.9 Å². The van der Waals surface area contributed by atoms with E-state index in [0.717, 1.165) is 27.8 Å². The van der Waals surface area contributed by atoms with Gasteiger partial charge in [0.25, 0.3) is 0 Å². The minimum Gasteiger partial charge on any atom is -0.493 e. The summed E-state index contributed by atoms with van der Waals surface area (Å²) in [6, 6.07) is 11.4. The third-order valence-electron chi connectivity index (χ3n) is 4.09. The molecular formula is C20H19BrO4. The number of allylic oxidation sites excluding steroid dienone is 1. The van der Waals surface area contributed by atoms with Crippen LogP contribution in [0.3, 0.4) is 0 Å². The van der Waals surface area contributed by atoms with E-state index in [1.165, 1.54) is 0 Å². The van der Waals surface area contributed by atoms with Crippen molar-refractivity contribution >= 4 is 27.8 Å². The Hall–Kier alpha value is -2.27. The lowest BCUT2D eigenvalue weighted by Gasteiger charge is -2.08. The van der Waals surface area contributed by atoms with Gasteiger partial charge in [0.1, 0.15) is 5.75 Å². The second-order valence-corrected chi connectivity index (χ2v) is 6.44. The van der Waals surface area contributed by atoms with Crippen LogP contribution in [0.25, 0.3) is 6.08 Å². The number of halogens is 1. The lowest BCUT2D eigenvalue weighted by atomic mass is 10.1. The van der Waals surface area contributed by atoms with Gasteiger partial charge in [-0.15, -0.1) is 0 Å². The van der Waals surface area contributed by atoms with Crippen LogP contribution in [-0.4, -0.2) is 31.9 Å². The zero-order valence-corrected chi connectivity index (χ0v) is 15.8. The second-order valence-electron chi connectivity index (χ2n) is 5.65. The fourth-order valence-electron chi connectivity index (χ4n) is 2.87. The zero-order chi connectivity index (χ0) is 17.8. The first kappa shape index (κ1) is 17.5. The molecule has 0 radical (unpaired) electrons. The van der Waals surface area contributed by atoms with Gasteiger partial charge in [0.2, 0.25) is 0 Å². The van der Waals surface area contributed by atoms with Crippen molar-refractivity contribution in [3.8, 4) is 17.2 Å². The van der Waals surface area contributed by atoms with Crippen LogP contribution in [0.2, 0.25) is 0 Å². The van der Waals surface area contributed by atoms with E-state index in [4.69, 9.17) is 14.2 Å². The highest BCUT2D eigenvalue weighted by Gasteiger charge is 2.27. The van der Waals surface area contributed by atoms with E-state index in [1.807, 2.05) is 36.4 Å². The number of carbonyl (C=O) groups excluding carboxylic acids is 1. The molecule has 130 valence electrons. The molecule has 0 unspecified atom stereocenters. The normalized spacial score (nSPS) is 14.5. The van der Waals surface area contributed by atoms with Gasteiger partial charge in [0.15, 0.2) is 17.3 Å². The molecule has 0 saturated carbocycles. The molecule has 2 aromatic rings. The fraction of sp³-hybridized carbons (Fsp3) is 0.250. The van der Waals surface area contributed by atoms with Crippen LogP contribution in [0.15, 0.2) is 42.0 Å². The largest absolute Gasteiger partial charge is 0.493 e. The number of hydrogen-bond acceptors (Lipinski definition) is 4. The van der Waals surface area contributed by atoms with E-state index in [1.54, 1.807) is 20.3 Å². The van der Waals surface area contributed by atoms with Gasteiger partial charge in [-0.3, -0.25) is 4.79 Å². The van der Waals surface area contributed by atoms with Crippen molar-refractivity contribution in [2.75, 3.05) is 26.2 Å². The smallest absolute Gasteiger partial charge is 0.189 e. The molecule has 0 bridgehead atoms. The number of ether oxygens (including phenoxy) is 3. The molecule has 5 heteroatoms. The Bertz CT molecular complexity index is 809. The predicted molar refractivity (Wildman–Crippen MR) is 101 cm³/mol. The lowest BCUT2D eigenvalue weighted by molar-refractivity contribution is 0.104. The van der Waals surface area contributed by atoms with Crippen LogP contribution in [0.1, 0.15) is 21.5 Å². The Labute approximate surface area is 155 Å². The Kier molecular flexibility index (Phi) is 5.43. The maximum Gasteiger partial charge on any atom is 0.189 e. The zero-order valence-electron chi connectivity index (χ0n) is 14.2. The molecule has 0 heterocycles. The number of alkyl halides is 1. The maximum absolute atomic E-state index is 12.7. The highest BCUT2D eigenvalue weighted by molar-refractivity contribution is 9.09. The van der Waals surface area contributed by atoms with Crippen molar-refractivity contribution < 1.29 is 19.0 Å². The Morgan fingerprint density at radius 2 is 1.76 bits per heavy atom. The molecule has 0 saturated heterocycles. The number of hydrogen-bond donors (Lipinski definition) is 0. The summed E-state index contributed by atoms with van der Waals surface area (Å²) in [4.78, 5) is 12.7. The van der Waals surface area contributed by atoms with Crippen molar-refractivity contribution in [3.05, 3.63) is 58.7 Å². The summed E-state index contributed by atoms with van der Waals surface area (Å²) < 4.78 is 16.2. The first-order chi connectivity index (χ1) is 12.2. The number of ketones is 1. The van der Waals surface area contributed by atoms with E-state index < -0.39 is 0 Å². The first-order valence-corrected chi connectivity index (χ1v) is 9.07. The SMILES string of the molecule is COc1cc2c(cc1OC)C(=O)/C(=C/c1ccc(OCCBr)cc1)C2. The molecule has 0 atom stereocenters. The van der Waals surface area contributed by atoms with Crippen molar-refractivity contribution in [2.24, 2.45) is 0 Å². The van der Waals surface area contributed by atoms with Gasteiger partial charge in [-0.1, -0.05) is 28.1 Å². The molecule has 0 N–H and O–H groups in total. The van der Waals surface area contributed by atoms with Gasteiger partial charge >= 0.3 is 0 Å². The van der Waals surface area contributed by atoms with E-state index in [2.05, 4.69) is 15.9 Å². The quantitative estimate of drug-likeness (QED) is 0.533. The van der Waals surface area contributed by atoms with Crippen LogP contribution in [-0.2, 0) is 6.42 Å². The van der Waals surface area contributed by atoms with Crippen LogP contribution in [0.5, 0.6) is 17.2 Å². The Balaban J connectivity index is 1.84. The van der Waals surface area contributed by atoms with Gasteiger partial charge < -0.3 is 14.2 Å². The third kappa shape index (κ3) is 3.71. The van der Waals surface area contributed by atoms with Crippen LogP contribution >= 0.6 is 15.9 Å². The molecule has 0 fully saturated rings. The Morgan fingerprint density at radius 3 is 2.40 bits per heavy atom. The third-order valence-corrected chi connectivity index (χ3v) is 4.42. The highest BCUT2D eigenvalue weighted by Crippen LogP contribution is 2.37. The summed E-state index contributed by atoms with van der Waals surface area (Å²) in [5.41, 5.74) is 3.38. The monoisotopic (exact) mass is 402 g/mol. The number of carbonyl (C=O) groups is 1. The van der Waals surface area contributed by atoms with Crippen LogP contribution < -0.4 is 14.2 Å². The van der Waals surface area contributed by atoms with Crippen LogP contribution in [0, 0.1) is 0 Å². The summed E-state index contributed by atoms with van der Waals surface area (Å²) >= 11 is 3.33. The van der Waals surface area contributed by atoms with Crippen molar-refractivity contribution in [1.29, 1.82) is 0 Å². The summed E-state index contributed by atoms with van der Waals surface area (Å²) in [7, 11) is 3.16. The summed E-state index contributed by atoms with van der Waals surface area (Å²) in [5.74, 6) is 2.07. The van der Waals surface area contributed by atoms with Gasteiger partial charge in [-0.2, -0.15) is 0 Å². The van der Waals surface area contributed by atoms with E-state index in [0.29, 0.717) is 30.1 Å². The molecule has 0 aromatic heterocycles. The van der Waals surface area contributed by atoms with Gasteiger partial charge in [-0.25, -0.2) is 0 Å². The second kappa shape index (κ2) is 7.74. The topological polar surface area (TPSA) is 44.8 Å². The number of methoxy groups -OCH3 is 2. The van der Waals surface area contributed by atoms with Gasteiger partial charge in [0.05, 0.1) is 20.8 Å². The summed E-state index contributed by atoms with van der Waals surface area (Å²) in [6.45, 7) is 0.623. The molecular weight excluding hydrogens is 384 g/mol. The minimum atomic E-state index is 0.0376. The molecule has 0 aliphatic heterocycles. The van der Waals surface area contributed by atoms with Crippen molar-refractivity contribution in [2.45, 2.75) is 6.42 Å². The Morgan fingerprint density at radius 1 is 1.08 bits per heavy atom. The average Bonchev–Trinajstić information content (AvgIpc) is 2.94. The van der Waals surface area contributed by atoms with Crippen LogP contribution in [0.4, 0.5) is 0 Å². The molecule has 3 rings (SSSR count). The highest BCUT2D eigenvalue weighted by atomic mass is 79.9. The molecule has 0 spiro atoms. The minimum absolute atomic E-state index is 0.0376. The predicted octanol–water partition coefficient (Wildman–Crippen LogP) is 4.30. The number of rotatable bonds is 6. The number of benzene rings is 2. The van der Waals surface area contributed by atoms with E-state index in [-0.39, 0.29) is 5.78 Å². The van der Waals surface area contributed by atoms with E-state index >= 15 is 0 Å². The summed E-state index contributed by atoms with van der Waals surface area (Å²) in [5, 5.41) is 0.790. The lowest BCUT2D eigenvalue weighted by Crippen LogP contribution is -1.98. The number of Topliss-reactive ketones (excluding diaryl/α,β-unsaturated/α-hetero) is 1. The van der Waals surface area contributed by atoms with Crippen molar-refractivity contribution in [1.82, 2.24) is 0 Å². The first-order valence-electron chi connectivity index (χ1n) is 7.95. The molecule has 0 amide bonds.